The smallest absolute Gasteiger partial charge is 0.131 e. The molecule has 0 N–H and O–H groups in total. The molecule has 2 aromatic rings. The Morgan fingerprint density at radius 2 is 2.04 bits per heavy atom. The summed E-state index contributed by atoms with van der Waals surface area (Å²) < 4.78 is 14.8. The van der Waals surface area contributed by atoms with Crippen LogP contribution in [0.15, 0.2) is 24.3 Å². The van der Waals surface area contributed by atoms with Crippen LogP contribution in [0.3, 0.4) is 0 Å². The molecule has 1 unspecified atom stereocenters. The number of rotatable bonds is 7. The molecule has 1 saturated heterocycles. The SMILES string of the molecule is Cc1nn(C)c(Cl)c1CN(C)CC1CCCN(CCc2ccc(F)cc2)C1. The summed E-state index contributed by atoms with van der Waals surface area (Å²) in [6, 6.07) is 6.89. The highest BCUT2D eigenvalue weighted by atomic mass is 35.5. The van der Waals surface area contributed by atoms with Crippen molar-refractivity contribution in [2.45, 2.75) is 32.7 Å². The Labute approximate surface area is 166 Å². The number of nitrogens with zero attached hydrogens (tertiary/aromatic N) is 4. The molecule has 1 aliphatic heterocycles. The van der Waals surface area contributed by atoms with Gasteiger partial charge in [-0.2, -0.15) is 5.10 Å². The standard InChI is InChI=1S/C21H30ClFN4/c1-16-20(21(22)26(3)24-16)15-25(2)13-18-5-4-11-27(14-18)12-10-17-6-8-19(23)9-7-17/h6-9,18H,4-5,10-15H2,1-3H3. The normalized spacial score (nSPS) is 18.4. The number of likely N-dealkylation sites (tertiary alicyclic amines) is 1. The van der Waals surface area contributed by atoms with Crippen LogP contribution in [0.4, 0.5) is 4.39 Å². The fourth-order valence-corrected chi connectivity index (χ4v) is 4.30. The van der Waals surface area contributed by atoms with Gasteiger partial charge in [-0.15, -0.1) is 0 Å². The average molecular weight is 393 g/mol. The van der Waals surface area contributed by atoms with Crippen LogP contribution in [0.25, 0.3) is 0 Å². The van der Waals surface area contributed by atoms with Gasteiger partial charge in [0, 0.05) is 38.8 Å². The Balaban J connectivity index is 1.48. The molecule has 0 spiro atoms. The molecule has 2 heterocycles. The lowest BCUT2D eigenvalue weighted by molar-refractivity contribution is 0.142. The summed E-state index contributed by atoms with van der Waals surface area (Å²) in [4.78, 5) is 4.91. The van der Waals surface area contributed by atoms with E-state index in [1.54, 1.807) is 16.8 Å². The highest BCUT2D eigenvalue weighted by Crippen LogP contribution is 2.22. The fraction of sp³-hybridized carbons (Fsp3) is 0.571. The Morgan fingerprint density at radius 1 is 1.30 bits per heavy atom. The molecule has 0 saturated carbocycles. The molecule has 6 heteroatoms. The van der Waals surface area contributed by atoms with Gasteiger partial charge < -0.3 is 9.80 Å². The van der Waals surface area contributed by atoms with Crippen LogP contribution < -0.4 is 0 Å². The molecule has 1 fully saturated rings. The van der Waals surface area contributed by atoms with Crippen molar-refractivity contribution in [3.05, 3.63) is 52.1 Å². The van der Waals surface area contributed by atoms with Gasteiger partial charge in [0.2, 0.25) is 0 Å². The van der Waals surface area contributed by atoms with Gasteiger partial charge in [-0.05, 0) is 63.4 Å². The predicted molar refractivity (Wildman–Crippen MR) is 109 cm³/mol. The minimum Gasteiger partial charge on any atom is -0.303 e. The lowest BCUT2D eigenvalue weighted by Crippen LogP contribution is -2.40. The molecule has 0 amide bonds. The molecular formula is C21H30ClFN4. The summed E-state index contributed by atoms with van der Waals surface area (Å²) in [5, 5.41) is 5.15. The van der Waals surface area contributed by atoms with E-state index in [-0.39, 0.29) is 5.82 Å². The minimum absolute atomic E-state index is 0.163. The molecule has 27 heavy (non-hydrogen) atoms. The summed E-state index contributed by atoms with van der Waals surface area (Å²) in [5.41, 5.74) is 3.35. The Bertz CT molecular complexity index is 743. The van der Waals surface area contributed by atoms with Crippen LogP contribution in [0.2, 0.25) is 5.15 Å². The number of halogens is 2. The lowest BCUT2D eigenvalue weighted by Gasteiger charge is -2.34. The lowest BCUT2D eigenvalue weighted by atomic mass is 9.97. The first-order chi connectivity index (χ1) is 12.9. The molecule has 1 aromatic heterocycles. The minimum atomic E-state index is -0.163. The third-order valence-electron chi connectivity index (χ3n) is 5.50. The molecule has 0 aliphatic carbocycles. The summed E-state index contributed by atoms with van der Waals surface area (Å²) in [5.74, 6) is 0.511. The topological polar surface area (TPSA) is 24.3 Å². The molecule has 4 nitrogen and oxygen atoms in total. The number of hydrogen-bond donors (Lipinski definition) is 0. The van der Waals surface area contributed by atoms with Gasteiger partial charge >= 0.3 is 0 Å². The largest absolute Gasteiger partial charge is 0.303 e. The van der Waals surface area contributed by atoms with E-state index in [4.69, 9.17) is 11.6 Å². The zero-order valence-corrected chi connectivity index (χ0v) is 17.3. The molecule has 1 aliphatic rings. The van der Waals surface area contributed by atoms with Gasteiger partial charge in [0.1, 0.15) is 11.0 Å². The Kier molecular flexibility index (Phi) is 6.90. The fourth-order valence-electron chi connectivity index (χ4n) is 4.07. The van der Waals surface area contributed by atoms with E-state index in [1.165, 1.54) is 18.4 Å². The number of hydrogen-bond acceptors (Lipinski definition) is 3. The number of aryl methyl sites for hydroxylation is 2. The van der Waals surface area contributed by atoms with Crippen molar-refractivity contribution < 1.29 is 4.39 Å². The van der Waals surface area contributed by atoms with E-state index < -0.39 is 0 Å². The predicted octanol–water partition coefficient (Wildman–Crippen LogP) is 3.91. The molecular weight excluding hydrogens is 363 g/mol. The van der Waals surface area contributed by atoms with Crippen molar-refractivity contribution in [1.29, 1.82) is 0 Å². The van der Waals surface area contributed by atoms with Gasteiger partial charge in [0.15, 0.2) is 0 Å². The van der Waals surface area contributed by atoms with Crippen LogP contribution in [0.1, 0.15) is 29.7 Å². The summed E-state index contributed by atoms with van der Waals surface area (Å²) in [6.07, 6.45) is 3.50. The van der Waals surface area contributed by atoms with Crippen LogP contribution in [-0.4, -0.2) is 52.8 Å². The second-order valence-electron chi connectivity index (χ2n) is 7.86. The monoisotopic (exact) mass is 392 g/mol. The molecule has 1 aromatic carbocycles. The quantitative estimate of drug-likeness (QED) is 0.714. The van der Waals surface area contributed by atoms with Crippen molar-refractivity contribution in [2.75, 3.05) is 33.2 Å². The van der Waals surface area contributed by atoms with E-state index in [0.29, 0.717) is 5.92 Å². The van der Waals surface area contributed by atoms with Gasteiger partial charge in [-0.1, -0.05) is 23.7 Å². The van der Waals surface area contributed by atoms with Crippen molar-refractivity contribution >= 4 is 11.6 Å². The number of piperidine rings is 1. The first kappa shape index (κ1) is 20.3. The first-order valence-electron chi connectivity index (χ1n) is 9.75. The van der Waals surface area contributed by atoms with E-state index in [0.717, 1.165) is 55.6 Å². The molecule has 0 bridgehead atoms. The summed E-state index contributed by atoms with van der Waals surface area (Å²) >= 11 is 6.38. The molecule has 1 atom stereocenters. The highest BCUT2D eigenvalue weighted by molar-refractivity contribution is 6.30. The van der Waals surface area contributed by atoms with Crippen molar-refractivity contribution in [2.24, 2.45) is 13.0 Å². The van der Waals surface area contributed by atoms with E-state index in [2.05, 4.69) is 21.9 Å². The number of aromatic nitrogens is 2. The van der Waals surface area contributed by atoms with E-state index >= 15 is 0 Å². The Morgan fingerprint density at radius 3 is 2.70 bits per heavy atom. The van der Waals surface area contributed by atoms with Gasteiger partial charge in [0.25, 0.3) is 0 Å². The van der Waals surface area contributed by atoms with Crippen LogP contribution in [0.5, 0.6) is 0 Å². The molecule has 0 radical (unpaired) electrons. The van der Waals surface area contributed by atoms with Crippen molar-refractivity contribution in [3.63, 3.8) is 0 Å². The van der Waals surface area contributed by atoms with Crippen LogP contribution in [0, 0.1) is 18.7 Å². The first-order valence-corrected chi connectivity index (χ1v) is 10.1. The molecule has 148 valence electrons. The van der Waals surface area contributed by atoms with E-state index in [9.17, 15) is 4.39 Å². The zero-order valence-electron chi connectivity index (χ0n) is 16.6. The van der Waals surface area contributed by atoms with Gasteiger partial charge in [-0.25, -0.2) is 4.39 Å². The van der Waals surface area contributed by atoms with Gasteiger partial charge in [0.05, 0.1) is 5.69 Å². The third kappa shape index (κ3) is 5.53. The maximum absolute atomic E-state index is 13.0. The second-order valence-corrected chi connectivity index (χ2v) is 8.22. The third-order valence-corrected chi connectivity index (χ3v) is 5.97. The number of benzene rings is 1. The van der Waals surface area contributed by atoms with Gasteiger partial charge in [-0.3, -0.25) is 4.68 Å². The second kappa shape index (κ2) is 9.18. The molecule has 3 rings (SSSR count). The highest BCUT2D eigenvalue weighted by Gasteiger charge is 2.22. The zero-order chi connectivity index (χ0) is 19.4. The summed E-state index contributed by atoms with van der Waals surface area (Å²) in [6.45, 7) is 7.26. The van der Waals surface area contributed by atoms with Crippen LogP contribution in [-0.2, 0) is 20.0 Å². The van der Waals surface area contributed by atoms with E-state index in [1.807, 2.05) is 26.1 Å². The summed E-state index contributed by atoms with van der Waals surface area (Å²) in [7, 11) is 4.05. The Hall–Kier alpha value is -1.43. The van der Waals surface area contributed by atoms with Crippen LogP contribution >= 0.6 is 11.6 Å². The average Bonchev–Trinajstić information content (AvgIpc) is 2.88. The van der Waals surface area contributed by atoms with Crippen molar-refractivity contribution in [1.82, 2.24) is 19.6 Å². The maximum Gasteiger partial charge on any atom is 0.131 e. The maximum atomic E-state index is 13.0. The van der Waals surface area contributed by atoms with Crippen molar-refractivity contribution in [3.8, 4) is 0 Å².